The van der Waals surface area contributed by atoms with E-state index in [4.69, 9.17) is 9.47 Å². The van der Waals surface area contributed by atoms with Gasteiger partial charge in [-0.2, -0.15) is 31.3 Å². The van der Waals surface area contributed by atoms with Crippen molar-refractivity contribution in [3.8, 4) is 11.5 Å². The molecule has 0 radical (unpaired) electrons. The van der Waals surface area contributed by atoms with Gasteiger partial charge < -0.3 is 14.4 Å². The van der Waals surface area contributed by atoms with Crippen LogP contribution in [-0.2, 0) is 36.7 Å². The van der Waals surface area contributed by atoms with Crippen molar-refractivity contribution in [2.24, 2.45) is 4.99 Å². The number of carbonyl (C=O) groups is 1. The normalized spacial score (nSPS) is 17.8. The number of ether oxygens (including phenoxy) is 2. The number of amides is 1. The molecule has 0 saturated carbocycles. The van der Waals surface area contributed by atoms with Gasteiger partial charge >= 0.3 is 12.4 Å². The van der Waals surface area contributed by atoms with Crippen LogP contribution in [0.5, 0.6) is 11.5 Å². The first-order chi connectivity index (χ1) is 21.4. The fraction of sp³-hybridized carbons (Fsp3) is 0.387. The van der Waals surface area contributed by atoms with Crippen LogP contribution in [0.3, 0.4) is 0 Å². The van der Waals surface area contributed by atoms with Crippen LogP contribution in [0.1, 0.15) is 34.2 Å². The minimum Gasteiger partial charge on any atom is -0.493 e. The van der Waals surface area contributed by atoms with E-state index in [0.29, 0.717) is 18.9 Å². The van der Waals surface area contributed by atoms with Gasteiger partial charge in [-0.05, 0) is 54.3 Å². The molecular weight excluding hydrogens is 622 g/mol. The molecule has 240 valence electrons. The molecule has 7 nitrogen and oxygen atoms in total. The second kappa shape index (κ2) is 13.7. The third-order valence-electron chi connectivity index (χ3n) is 7.55. The van der Waals surface area contributed by atoms with Gasteiger partial charge in [0.05, 0.1) is 23.5 Å². The number of methoxy groups -OCH3 is 1. The van der Waals surface area contributed by atoms with E-state index in [2.05, 4.69) is 19.8 Å². The highest BCUT2D eigenvalue weighted by Crippen LogP contribution is 2.38. The van der Waals surface area contributed by atoms with Crippen molar-refractivity contribution >= 4 is 22.8 Å². The molecule has 2 aliphatic heterocycles. The van der Waals surface area contributed by atoms with E-state index in [0.717, 1.165) is 55.1 Å². The molecule has 3 heterocycles. The van der Waals surface area contributed by atoms with Gasteiger partial charge in [0.1, 0.15) is 6.61 Å². The topological polar surface area (TPSA) is 67.3 Å². The summed E-state index contributed by atoms with van der Waals surface area (Å²) >= 11 is 1.45. The highest BCUT2D eigenvalue weighted by molar-refractivity contribution is 8.15. The minimum atomic E-state index is -5.00. The number of hydrogen-bond acceptors (Lipinski definition) is 7. The van der Waals surface area contributed by atoms with Crippen molar-refractivity contribution in [3.05, 3.63) is 88.7 Å². The number of rotatable bonds is 9. The molecule has 0 spiro atoms. The Morgan fingerprint density at radius 1 is 0.933 bits per heavy atom. The molecule has 5 rings (SSSR count). The van der Waals surface area contributed by atoms with E-state index in [1.165, 1.54) is 24.9 Å². The Balaban J connectivity index is 1.14. The number of aromatic nitrogens is 1. The van der Waals surface area contributed by atoms with E-state index < -0.39 is 35.6 Å². The monoisotopic (exact) mass is 652 g/mol. The Hall–Kier alpha value is -3.78. The van der Waals surface area contributed by atoms with E-state index >= 15 is 0 Å². The molecular formula is C31H30F6N4O3S. The number of pyridine rings is 1. The van der Waals surface area contributed by atoms with Crippen molar-refractivity contribution in [2.75, 3.05) is 33.3 Å². The van der Waals surface area contributed by atoms with Crippen LogP contribution >= 0.6 is 11.8 Å². The molecule has 14 heteroatoms. The Kier molecular flexibility index (Phi) is 9.92. The van der Waals surface area contributed by atoms with Crippen LogP contribution in [0.25, 0.3) is 0 Å². The zero-order valence-electron chi connectivity index (χ0n) is 24.2. The Morgan fingerprint density at radius 3 is 2.38 bits per heavy atom. The quantitative estimate of drug-likeness (QED) is 0.246. The predicted molar refractivity (Wildman–Crippen MR) is 157 cm³/mol. The van der Waals surface area contributed by atoms with Crippen LogP contribution in [0.15, 0.2) is 65.9 Å². The first kappa shape index (κ1) is 32.6. The largest absolute Gasteiger partial charge is 0.493 e. The molecule has 1 atom stereocenters. The third-order valence-corrected chi connectivity index (χ3v) is 8.83. The van der Waals surface area contributed by atoms with Gasteiger partial charge in [0.2, 0.25) is 0 Å². The number of halogens is 6. The van der Waals surface area contributed by atoms with Crippen LogP contribution in [0, 0.1) is 0 Å². The zero-order valence-corrected chi connectivity index (χ0v) is 25.0. The molecule has 0 N–H and O–H groups in total. The summed E-state index contributed by atoms with van der Waals surface area (Å²) < 4.78 is 90.4. The lowest BCUT2D eigenvalue weighted by atomic mass is 10.0. The van der Waals surface area contributed by atoms with Crippen LogP contribution in [0.2, 0.25) is 0 Å². The second-order valence-corrected chi connectivity index (χ2v) is 11.8. The minimum absolute atomic E-state index is 0.0837. The summed E-state index contributed by atoms with van der Waals surface area (Å²) in [6, 6.07) is 10.3. The average molecular weight is 653 g/mol. The summed E-state index contributed by atoms with van der Waals surface area (Å²) in [5.41, 5.74) is -1.28. The number of alkyl halides is 6. The first-order valence-corrected chi connectivity index (χ1v) is 15.0. The molecule has 0 aliphatic carbocycles. The van der Waals surface area contributed by atoms with Crippen molar-refractivity contribution in [1.82, 2.24) is 14.8 Å². The smallest absolute Gasteiger partial charge is 0.416 e. The summed E-state index contributed by atoms with van der Waals surface area (Å²) in [7, 11) is 1.37. The Labute approximate surface area is 260 Å². The highest BCUT2D eigenvalue weighted by atomic mass is 32.2. The Bertz CT molecular complexity index is 1530. The molecule has 2 aliphatic rings. The SMILES string of the molecule is COc1cc(CCC2SC(N3CCN(Cc4cccnc4)CC3)=NC2=O)ccc1OCc1ccc(C(F)(F)F)cc1C(F)(F)F. The number of carbonyl (C=O) groups excluding carboxylic acids is 1. The van der Waals surface area contributed by atoms with E-state index in [1.54, 1.807) is 18.3 Å². The number of aliphatic imine (C=N–C) groups is 1. The van der Waals surface area contributed by atoms with Gasteiger partial charge in [-0.3, -0.25) is 14.7 Å². The van der Waals surface area contributed by atoms with Gasteiger partial charge in [0, 0.05) is 50.7 Å². The van der Waals surface area contributed by atoms with Crippen molar-refractivity contribution < 1.29 is 40.6 Å². The molecule has 1 fully saturated rings. The standard InChI is InChI=1S/C31H30F6N4O3S/c1-43-26-15-20(4-8-25(26)44-19-22-6-7-23(30(32,33)34)16-24(22)31(35,36)37)5-9-27-28(42)39-29(45-27)41-13-11-40(12-14-41)18-21-3-2-10-38-17-21/h2-4,6-8,10,15-17,27H,5,9,11-14,18-19H2,1H3. The number of benzene rings is 2. The van der Waals surface area contributed by atoms with E-state index in [-0.39, 0.29) is 28.7 Å². The molecule has 1 amide bonds. The number of hydrogen-bond donors (Lipinski definition) is 0. The first-order valence-electron chi connectivity index (χ1n) is 14.1. The van der Waals surface area contributed by atoms with Crippen molar-refractivity contribution in [3.63, 3.8) is 0 Å². The van der Waals surface area contributed by atoms with Crippen LogP contribution in [0.4, 0.5) is 26.3 Å². The lowest BCUT2D eigenvalue weighted by Crippen LogP contribution is -2.47. The van der Waals surface area contributed by atoms with Crippen molar-refractivity contribution in [1.29, 1.82) is 0 Å². The maximum Gasteiger partial charge on any atom is 0.416 e. The second-order valence-electron chi connectivity index (χ2n) is 10.6. The summed E-state index contributed by atoms with van der Waals surface area (Å²) in [5.74, 6) is 0.199. The molecule has 0 bridgehead atoms. The summed E-state index contributed by atoms with van der Waals surface area (Å²) in [6.45, 7) is 3.42. The lowest BCUT2D eigenvalue weighted by molar-refractivity contribution is -0.143. The summed E-state index contributed by atoms with van der Waals surface area (Å²) in [5, 5.41) is 0.393. The highest BCUT2D eigenvalue weighted by Gasteiger charge is 2.38. The summed E-state index contributed by atoms with van der Waals surface area (Å²) in [4.78, 5) is 25.6. The van der Waals surface area contributed by atoms with Gasteiger partial charge in [0.25, 0.3) is 5.91 Å². The molecule has 1 unspecified atom stereocenters. The van der Waals surface area contributed by atoms with Gasteiger partial charge in [-0.25, -0.2) is 0 Å². The van der Waals surface area contributed by atoms with E-state index in [1.807, 2.05) is 18.3 Å². The average Bonchev–Trinajstić information content (AvgIpc) is 3.39. The van der Waals surface area contributed by atoms with Crippen LogP contribution < -0.4 is 9.47 Å². The molecule has 1 aromatic heterocycles. The fourth-order valence-electron chi connectivity index (χ4n) is 5.13. The third kappa shape index (κ3) is 8.28. The van der Waals surface area contributed by atoms with Crippen LogP contribution in [-0.4, -0.2) is 64.4 Å². The summed E-state index contributed by atoms with van der Waals surface area (Å²) in [6.07, 6.45) is -5.27. The fourth-order valence-corrected chi connectivity index (χ4v) is 6.25. The number of aryl methyl sites for hydroxylation is 1. The number of piperazine rings is 1. The predicted octanol–water partition coefficient (Wildman–Crippen LogP) is 6.46. The van der Waals surface area contributed by atoms with Gasteiger partial charge in [-0.1, -0.05) is 30.0 Å². The Morgan fingerprint density at radius 2 is 1.71 bits per heavy atom. The maximum atomic E-state index is 13.5. The molecule has 45 heavy (non-hydrogen) atoms. The maximum absolute atomic E-state index is 13.5. The van der Waals surface area contributed by atoms with Crippen molar-refractivity contribution in [2.45, 2.75) is 43.6 Å². The number of thioether (sulfide) groups is 1. The number of nitrogens with zero attached hydrogens (tertiary/aromatic N) is 4. The lowest BCUT2D eigenvalue weighted by Gasteiger charge is -2.35. The number of amidine groups is 1. The molecule has 2 aromatic carbocycles. The molecule has 3 aromatic rings. The zero-order chi connectivity index (χ0) is 32.2. The van der Waals surface area contributed by atoms with E-state index in [9.17, 15) is 31.1 Å². The molecule has 1 saturated heterocycles. The van der Waals surface area contributed by atoms with Gasteiger partial charge in [0.15, 0.2) is 16.7 Å². The van der Waals surface area contributed by atoms with Gasteiger partial charge in [-0.15, -0.1) is 0 Å².